The predicted octanol–water partition coefficient (Wildman–Crippen LogP) is 5.09. The van der Waals surface area contributed by atoms with E-state index in [1.807, 2.05) is 44.2 Å². The summed E-state index contributed by atoms with van der Waals surface area (Å²) in [4.78, 5) is 17.7. The molecule has 206 valence electrons. The Bertz CT molecular complexity index is 1420. The van der Waals surface area contributed by atoms with Crippen molar-refractivity contribution in [3.63, 3.8) is 0 Å². The standard InChI is InChI=1S/C27H36N3O6PS/c1-5-35-37(4,32)15-7-6-14-30(38(33)34)17-23-21(19-12-13-19)16-22-24(26(31)28-3)25(36-27(22)29-23)20-10-8-18(2)9-11-20/h8-11,16,19,38H,5-7,12-15,17H2,1-4H3,(H,28,31). The van der Waals surface area contributed by atoms with Crippen LogP contribution in [0.3, 0.4) is 0 Å². The summed E-state index contributed by atoms with van der Waals surface area (Å²) >= 11 is 0. The van der Waals surface area contributed by atoms with Gasteiger partial charge in [-0.2, -0.15) is 4.31 Å². The van der Waals surface area contributed by atoms with E-state index >= 15 is 0 Å². The molecule has 1 aliphatic carbocycles. The zero-order chi connectivity index (χ0) is 27.4. The van der Waals surface area contributed by atoms with Crippen molar-refractivity contribution in [1.29, 1.82) is 0 Å². The summed E-state index contributed by atoms with van der Waals surface area (Å²) in [5, 5.41) is 3.33. The van der Waals surface area contributed by atoms with Gasteiger partial charge in [0.2, 0.25) is 16.6 Å². The van der Waals surface area contributed by atoms with Gasteiger partial charge in [-0.1, -0.05) is 29.8 Å². The third-order valence-corrected chi connectivity index (χ3v) is 9.51. The molecule has 9 nitrogen and oxygen atoms in total. The van der Waals surface area contributed by atoms with Crippen molar-refractivity contribution in [3.8, 4) is 11.3 Å². The van der Waals surface area contributed by atoms with Gasteiger partial charge < -0.3 is 14.3 Å². The van der Waals surface area contributed by atoms with E-state index in [4.69, 9.17) is 13.9 Å². The Hall–Kier alpha value is -2.52. The lowest BCUT2D eigenvalue weighted by Gasteiger charge is -2.18. The molecule has 1 saturated carbocycles. The number of hydrogen-bond donors (Lipinski definition) is 2. The van der Waals surface area contributed by atoms with Gasteiger partial charge in [0.05, 0.1) is 29.8 Å². The van der Waals surface area contributed by atoms with Crippen LogP contribution in [-0.4, -0.2) is 56.6 Å². The maximum atomic E-state index is 12.9. The fourth-order valence-corrected chi connectivity index (χ4v) is 6.66. The number of aromatic nitrogens is 1. The van der Waals surface area contributed by atoms with E-state index < -0.39 is 18.3 Å². The Morgan fingerprint density at radius 2 is 1.95 bits per heavy atom. The van der Waals surface area contributed by atoms with Gasteiger partial charge in [-0.15, -0.1) is 0 Å². The molecule has 0 saturated heterocycles. The third-order valence-electron chi connectivity index (χ3n) is 6.78. The molecule has 4 rings (SSSR count). The molecular formula is C27H36N3O6PS. The quantitative estimate of drug-likeness (QED) is 0.169. The number of nitrogens with zero attached hydrogens (tertiary/aromatic N) is 2. The third kappa shape index (κ3) is 6.72. The van der Waals surface area contributed by atoms with E-state index in [0.717, 1.165) is 29.5 Å². The van der Waals surface area contributed by atoms with E-state index in [-0.39, 0.29) is 18.4 Å². The van der Waals surface area contributed by atoms with Crippen LogP contribution in [0.5, 0.6) is 0 Å². The second-order valence-electron chi connectivity index (χ2n) is 9.89. The number of aryl methyl sites for hydroxylation is 1. The van der Waals surface area contributed by atoms with Crippen LogP contribution in [0.15, 0.2) is 34.7 Å². The number of benzene rings is 1. The van der Waals surface area contributed by atoms with Gasteiger partial charge in [-0.05, 0) is 57.1 Å². The summed E-state index contributed by atoms with van der Waals surface area (Å²) in [7, 11) is -3.92. The average Bonchev–Trinajstić information content (AvgIpc) is 3.65. The molecular weight excluding hydrogens is 525 g/mol. The normalized spacial score (nSPS) is 15.3. The monoisotopic (exact) mass is 561 g/mol. The van der Waals surface area contributed by atoms with Crippen LogP contribution >= 0.6 is 7.37 Å². The van der Waals surface area contributed by atoms with Crippen LogP contribution < -0.4 is 5.32 Å². The van der Waals surface area contributed by atoms with Crippen LogP contribution in [0.25, 0.3) is 22.4 Å². The highest BCUT2D eigenvalue weighted by atomic mass is 32.2. The average molecular weight is 562 g/mol. The number of thiol groups is 1. The molecule has 0 bridgehead atoms. The summed E-state index contributed by atoms with van der Waals surface area (Å²) < 4.78 is 49.5. The van der Waals surface area contributed by atoms with Gasteiger partial charge in [0.1, 0.15) is 5.76 Å². The second-order valence-corrected chi connectivity index (χ2v) is 13.7. The SMILES string of the molecule is CCOP(C)(=O)CCCCN(Cc1nc2oc(-c3ccc(C)cc3)c(C(=O)NC)c2cc1C1CC1)[SH](=O)=O. The molecule has 38 heavy (non-hydrogen) atoms. The first kappa shape index (κ1) is 28.5. The minimum atomic E-state index is -2.85. The summed E-state index contributed by atoms with van der Waals surface area (Å²) in [6, 6.07) is 9.68. The first-order valence-corrected chi connectivity index (χ1v) is 16.4. The molecule has 1 amide bonds. The molecule has 1 atom stereocenters. The van der Waals surface area contributed by atoms with E-state index in [2.05, 4.69) is 5.32 Å². The number of nitrogens with one attached hydrogen (secondary N) is 1. The number of unbranched alkanes of at least 4 members (excludes halogenated alkanes) is 1. The lowest BCUT2D eigenvalue weighted by Crippen LogP contribution is -2.24. The largest absolute Gasteiger partial charge is 0.437 e. The molecule has 0 spiro atoms. The Labute approximate surface area is 225 Å². The Morgan fingerprint density at radius 3 is 2.55 bits per heavy atom. The minimum absolute atomic E-state index is 0.117. The summed E-state index contributed by atoms with van der Waals surface area (Å²) in [5.41, 5.74) is 4.19. The van der Waals surface area contributed by atoms with Gasteiger partial charge in [0, 0.05) is 32.0 Å². The number of amides is 1. The maximum Gasteiger partial charge on any atom is 0.255 e. The Kier molecular flexibility index (Phi) is 9.08. The highest BCUT2D eigenvalue weighted by Gasteiger charge is 2.31. The summed E-state index contributed by atoms with van der Waals surface area (Å²) in [6.45, 7) is 6.22. The van der Waals surface area contributed by atoms with Gasteiger partial charge in [-0.25, -0.2) is 13.4 Å². The maximum absolute atomic E-state index is 12.9. The number of pyridine rings is 1. The van der Waals surface area contributed by atoms with Gasteiger partial charge in [0.15, 0.2) is 7.37 Å². The van der Waals surface area contributed by atoms with Crippen molar-refractivity contribution >= 4 is 35.3 Å². The highest BCUT2D eigenvalue weighted by molar-refractivity contribution is 7.69. The number of hydrogen-bond acceptors (Lipinski definition) is 7. The van der Waals surface area contributed by atoms with Crippen molar-refractivity contribution in [2.45, 2.75) is 52.0 Å². The molecule has 11 heteroatoms. The number of fused-ring (bicyclic) bond motifs is 1. The zero-order valence-electron chi connectivity index (χ0n) is 22.4. The van der Waals surface area contributed by atoms with Crippen LogP contribution in [0, 0.1) is 6.92 Å². The molecule has 2 aromatic heterocycles. The fourth-order valence-electron chi connectivity index (χ4n) is 4.63. The van der Waals surface area contributed by atoms with Crippen LogP contribution in [0.2, 0.25) is 0 Å². The van der Waals surface area contributed by atoms with Crippen LogP contribution in [0.4, 0.5) is 0 Å². The van der Waals surface area contributed by atoms with E-state index in [9.17, 15) is 17.8 Å². The summed E-state index contributed by atoms with van der Waals surface area (Å²) in [6.07, 6.45) is 3.56. The highest BCUT2D eigenvalue weighted by Crippen LogP contribution is 2.45. The molecule has 1 aromatic carbocycles. The fraction of sp³-hybridized carbons (Fsp3) is 0.481. The molecule has 0 aliphatic heterocycles. The van der Waals surface area contributed by atoms with Crippen molar-refractivity contribution in [3.05, 3.63) is 52.7 Å². The van der Waals surface area contributed by atoms with E-state index in [0.29, 0.717) is 60.3 Å². The Morgan fingerprint density at radius 1 is 1.24 bits per heavy atom. The predicted molar refractivity (Wildman–Crippen MR) is 150 cm³/mol. The molecule has 2 heterocycles. The van der Waals surface area contributed by atoms with Crippen molar-refractivity contribution in [2.24, 2.45) is 0 Å². The number of carbonyl (C=O) groups excluding carboxylic acids is 1. The van der Waals surface area contributed by atoms with Crippen molar-refractivity contribution in [1.82, 2.24) is 14.6 Å². The molecule has 0 radical (unpaired) electrons. The van der Waals surface area contributed by atoms with E-state index in [1.54, 1.807) is 13.7 Å². The Balaban J connectivity index is 1.65. The smallest absolute Gasteiger partial charge is 0.255 e. The van der Waals surface area contributed by atoms with Crippen LogP contribution in [0.1, 0.15) is 65.7 Å². The second kappa shape index (κ2) is 12.1. The molecule has 1 unspecified atom stereocenters. The first-order chi connectivity index (χ1) is 18.1. The van der Waals surface area contributed by atoms with Gasteiger partial charge >= 0.3 is 0 Å². The van der Waals surface area contributed by atoms with Crippen molar-refractivity contribution < 1.29 is 26.7 Å². The zero-order valence-corrected chi connectivity index (χ0v) is 24.1. The first-order valence-electron chi connectivity index (χ1n) is 13.0. The number of furan rings is 1. The number of carbonyl (C=O) groups is 1. The minimum Gasteiger partial charge on any atom is -0.437 e. The summed E-state index contributed by atoms with van der Waals surface area (Å²) in [5.74, 6) is 0.455. The molecule has 1 N–H and O–H groups in total. The van der Waals surface area contributed by atoms with Gasteiger partial charge in [-0.3, -0.25) is 9.36 Å². The number of rotatable bonds is 13. The topological polar surface area (TPSA) is 119 Å². The van der Waals surface area contributed by atoms with Crippen molar-refractivity contribution in [2.75, 3.05) is 33.0 Å². The molecule has 1 fully saturated rings. The van der Waals surface area contributed by atoms with Crippen LogP contribution in [-0.2, 0) is 26.5 Å². The lowest BCUT2D eigenvalue weighted by atomic mass is 10.0. The molecule has 1 aliphatic rings. The lowest BCUT2D eigenvalue weighted by molar-refractivity contribution is 0.0964. The molecule has 3 aromatic rings. The van der Waals surface area contributed by atoms with Gasteiger partial charge in [0.25, 0.3) is 5.91 Å². The van der Waals surface area contributed by atoms with E-state index in [1.165, 1.54) is 4.31 Å².